The fraction of sp³-hybridized carbons (Fsp3) is 0.333. The molecular formula is C21H25N3O3. The molecule has 2 aromatic rings. The maximum atomic E-state index is 12.4. The molecule has 0 saturated carbocycles. The summed E-state index contributed by atoms with van der Waals surface area (Å²) in [5, 5.41) is 2.89. The smallest absolute Gasteiger partial charge is 0.265 e. The second kappa shape index (κ2) is 8.68. The van der Waals surface area contributed by atoms with Crippen LogP contribution in [0.5, 0.6) is 5.75 Å². The maximum Gasteiger partial charge on any atom is 0.265 e. The van der Waals surface area contributed by atoms with E-state index < -0.39 is 6.10 Å². The van der Waals surface area contributed by atoms with Crippen LogP contribution >= 0.6 is 0 Å². The highest BCUT2D eigenvalue weighted by molar-refractivity contribution is 5.94. The molecule has 1 aliphatic rings. The highest BCUT2D eigenvalue weighted by Crippen LogP contribution is 2.21. The molecule has 2 atom stereocenters. The Morgan fingerprint density at radius 3 is 2.74 bits per heavy atom. The molecule has 1 saturated heterocycles. The zero-order chi connectivity index (χ0) is 19.2. The first-order valence-corrected chi connectivity index (χ1v) is 9.18. The molecule has 0 aromatic heterocycles. The molecular weight excluding hydrogens is 342 g/mol. The molecule has 6 nitrogen and oxygen atoms in total. The van der Waals surface area contributed by atoms with Crippen LogP contribution in [-0.4, -0.2) is 35.4 Å². The lowest BCUT2D eigenvalue weighted by Crippen LogP contribution is -2.39. The summed E-state index contributed by atoms with van der Waals surface area (Å²) in [5.41, 5.74) is 7.21. The second-order valence-corrected chi connectivity index (χ2v) is 6.79. The highest BCUT2D eigenvalue weighted by atomic mass is 16.5. The summed E-state index contributed by atoms with van der Waals surface area (Å²) in [5.74, 6) is 0.163. The molecule has 3 rings (SSSR count). The minimum Gasteiger partial charge on any atom is -0.481 e. The van der Waals surface area contributed by atoms with Crippen LogP contribution in [0.2, 0.25) is 0 Å². The topological polar surface area (TPSA) is 84.7 Å². The number of ether oxygens (including phenoxy) is 1. The van der Waals surface area contributed by atoms with E-state index in [4.69, 9.17) is 10.5 Å². The molecule has 0 aliphatic carbocycles. The molecule has 0 radical (unpaired) electrons. The summed E-state index contributed by atoms with van der Waals surface area (Å²) in [6.07, 6.45) is 1.16. The molecule has 0 bridgehead atoms. The molecule has 3 N–H and O–H groups in total. The summed E-state index contributed by atoms with van der Waals surface area (Å²) in [6.45, 7) is 3.20. The number of hydrogen-bond acceptors (Lipinski definition) is 4. The number of rotatable bonds is 7. The van der Waals surface area contributed by atoms with Crippen molar-refractivity contribution in [1.82, 2.24) is 4.90 Å². The molecule has 2 aromatic carbocycles. The molecule has 6 heteroatoms. The van der Waals surface area contributed by atoms with Crippen LogP contribution < -0.4 is 15.8 Å². The van der Waals surface area contributed by atoms with Crippen molar-refractivity contribution >= 4 is 17.5 Å². The normalized spacial score (nSPS) is 18.0. The van der Waals surface area contributed by atoms with Crippen molar-refractivity contribution in [2.24, 2.45) is 5.73 Å². The van der Waals surface area contributed by atoms with Crippen LogP contribution in [0.25, 0.3) is 0 Å². The second-order valence-electron chi connectivity index (χ2n) is 6.79. The van der Waals surface area contributed by atoms with E-state index in [1.165, 1.54) is 0 Å². The average Bonchev–Trinajstić information content (AvgIpc) is 3.11. The van der Waals surface area contributed by atoms with Gasteiger partial charge in [0.1, 0.15) is 5.75 Å². The van der Waals surface area contributed by atoms with Crippen LogP contribution in [0.15, 0.2) is 54.6 Å². The first-order chi connectivity index (χ1) is 13.0. The molecule has 1 heterocycles. The third kappa shape index (κ3) is 5.08. The average molecular weight is 367 g/mol. The van der Waals surface area contributed by atoms with Crippen LogP contribution in [0.1, 0.15) is 25.3 Å². The van der Waals surface area contributed by atoms with E-state index in [0.717, 1.165) is 24.9 Å². The van der Waals surface area contributed by atoms with Gasteiger partial charge in [-0.05, 0) is 56.1 Å². The van der Waals surface area contributed by atoms with E-state index in [1.807, 2.05) is 54.6 Å². The van der Waals surface area contributed by atoms with E-state index >= 15 is 0 Å². The van der Waals surface area contributed by atoms with Gasteiger partial charge in [0.2, 0.25) is 5.91 Å². The number of amides is 2. The summed E-state index contributed by atoms with van der Waals surface area (Å²) < 4.78 is 5.65. The number of benzene rings is 2. The minimum absolute atomic E-state index is 0.206. The Bertz CT molecular complexity index is 794. The Labute approximate surface area is 159 Å². The van der Waals surface area contributed by atoms with E-state index in [9.17, 15) is 9.59 Å². The number of carbonyl (C=O) groups excluding carboxylic acids is 2. The van der Waals surface area contributed by atoms with Crippen LogP contribution in [0.4, 0.5) is 5.69 Å². The van der Waals surface area contributed by atoms with E-state index in [0.29, 0.717) is 18.0 Å². The maximum absolute atomic E-state index is 12.4. The van der Waals surface area contributed by atoms with E-state index in [1.54, 1.807) is 6.92 Å². The standard InChI is InChI=1S/C21H25N3O3/c1-15(27-18-9-3-2-4-10-18)21(26)23-17-8-5-7-16(13-17)14-24-12-6-11-19(24)20(22)25/h2-5,7-10,13,15,19H,6,11-12,14H2,1H3,(H2,22,25)(H,23,26)/t15-,19+/m0/s1. The van der Waals surface area contributed by atoms with Crippen molar-refractivity contribution in [2.45, 2.75) is 38.5 Å². The molecule has 142 valence electrons. The SMILES string of the molecule is C[C@H](Oc1ccccc1)C(=O)Nc1cccc(CN2CCC[C@@H]2C(N)=O)c1. The van der Waals surface area contributed by atoms with E-state index in [-0.39, 0.29) is 17.9 Å². The number of nitrogens with two attached hydrogens (primary N) is 1. The number of nitrogens with zero attached hydrogens (tertiary/aromatic N) is 1. The largest absolute Gasteiger partial charge is 0.481 e. The van der Waals surface area contributed by atoms with Crippen LogP contribution in [0.3, 0.4) is 0 Å². The Hall–Kier alpha value is -2.86. The van der Waals surface area contributed by atoms with Gasteiger partial charge in [-0.15, -0.1) is 0 Å². The molecule has 0 spiro atoms. The summed E-state index contributed by atoms with van der Waals surface area (Å²) in [7, 11) is 0. The third-order valence-electron chi connectivity index (χ3n) is 4.70. The lowest BCUT2D eigenvalue weighted by Gasteiger charge is -2.22. The van der Waals surface area contributed by atoms with Crippen molar-refractivity contribution in [3.63, 3.8) is 0 Å². The Balaban J connectivity index is 1.60. The predicted octanol–water partition coefficient (Wildman–Crippen LogP) is 2.54. The third-order valence-corrected chi connectivity index (χ3v) is 4.70. The minimum atomic E-state index is -0.617. The number of carbonyl (C=O) groups is 2. The Morgan fingerprint density at radius 1 is 1.22 bits per heavy atom. The van der Waals surface area contributed by atoms with Gasteiger partial charge in [-0.1, -0.05) is 30.3 Å². The number of para-hydroxylation sites is 1. The summed E-state index contributed by atoms with van der Waals surface area (Å²) in [6, 6.07) is 16.7. The first kappa shape index (κ1) is 18.9. The van der Waals surface area contributed by atoms with Crippen molar-refractivity contribution in [3.05, 3.63) is 60.2 Å². The zero-order valence-corrected chi connectivity index (χ0v) is 15.4. The molecule has 1 fully saturated rings. The van der Waals surface area contributed by atoms with Gasteiger partial charge in [-0.25, -0.2) is 0 Å². The van der Waals surface area contributed by atoms with Gasteiger partial charge < -0.3 is 15.8 Å². The molecule has 1 aliphatic heterocycles. The predicted molar refractivity (Wildman–Crippen MR) is 104 cm³/mol. The van der Waals surface area contributed by atoms with Crippen LogP contribution in [0, 0.1) is 0 Å². The lowest BCUT2D eigenvalue weighted by atomic mass is 10.1. The Kier molecular flexibility index (Phi) is 6.08. The Morgan fingerprint density at radius 2 is 2.00 bits per heavy atom. The van der Waals surface area contributed by atoms with Gasteiger partial charge in [-0.2, -0.15) is 0 Å². The van der Waals surface area contributed by atoms with Crippen LogP contribution in [-0.2, 0) is 16.1 Å². The zero-order valence-electron chi connectivity index (χ0n) is 15.4. The van der Waals surface area contributed by atoms with Gasteiger partial charge in [0.15, 0.2) is 6.10 Å². The number of primary amides is 1. The monoisotopic (exact) mass is 367 g/mol. The number of anilines is 1. The summed E-state index contributed by atoms with van der Waals surface area (Å²) >= 11 is 0. The van der Waals surface area contributed by atoms with Crippen molar-refractivity contribution in [3.8, 4) is 5.75 Å². The van der Waals surface area contributed by atoms with Crippen molar-refractivity contribution in [2.75, 3.05) is 11.9 Å². The highest BCUT2D eigenvalue weighted by Gasteiger charge is 2.28. The number of nitrogens with one attached hydrogen (secondary N) is 1. The number of hydrogen-bond donors (Lipinski definition) is 2. The fourth-order valence-corrected chi connectivity index (χ4v) is 3.32. The van der Waals surface area contributed by atoms with Crippen molar-refractivity contribution in [1.29, 1.82) is 0 Å². The fourth-order valence-electron chi connectivity index (χ4n) is 3.32. The quantitative estimate of drug-likeness (QED) is 0.788. The number of likely N-dealkylation sites (tertiary alicyclic amines) is 1. The van der Waals surface area contributed by atoms with Gasteiger partial charge in [0.25, 0.3) is 5.91 Å². The lowest BCUT2D eigenvalue weighted by molar-refractivity contribution is -0.122. The molecule has 2 amide bonds. The molecule has 0 unspecified atom stereocenters. The summed E-state index contributed by atoms with van der Waals surface area (Å²) in [4.78, 5) is 26.0. The van der Waals surface area contributed by atoms with Crippen molar-refractivity contribution < 1.29 is 14.3 Å². The van der Waals surface area contributed by atoms with Gasteiger partial charge in [0, 0.05) is 12.2 Å². The van der Waals surface area contributed by atoms with E-state index in [2.05, 4.69) is 10.2 Å². The van der Waals surface area contributed by atoms with Gasteiger partial charge in [0.05, 0.1) is 6.04 Å². The first-order valence-electron chi connectivity index (χ1n) is 9.18. The van der Waals surface area contributed by atoms with Gasteiger partial charge >= 0.3 is 0 Å². The van der Waals surface area contributed by atoms with Gasteiger partial charge in [-0.3, -0.25) is 14.5 Å². The molecule has 27 heavy (non-hydrogen) atoms.